The summed E-state index contributed by atoms with van der Waals surface area (Å²) in [6, 6.07) is 6.96. The van der Waals surface area contributed by atoms with Crippen molar-refractivity contribution in [1.29, 1.82) is 0 Å². The molecular formula is C13H15NO4. The van der Waals surface area contributed by atoms with Crippen LogP contribution in [0.2, 0.25) is 0 Å². The van der Waals surface area contributed by atoms with E-state index in [9.17, 15) is 15.0 Å². The molecule has 0 aliphatic rings. The fraction of sp³-hybridized carbons (Fsp3) is 0.308. The van der Waals surface area contributed by atoms with Crippen LogP contribution in [-0.4, -0.2) is 28.8 Å². The largest absolute Gasteiger partial charge is 0.464 e. The van der Waals surface area contributed by atoms with E-state index in [-0.39, 0.29) is 12.5 Å². The van der Waals surface area contributed by atoms with Gasteiger partial charge >= 0.3 is 0 Å². The summed E-state index contributed by atoms with van der Waals surface area (Å²) in [7, 11) is 0. The third-order valence-electron chi connectivity index (χ3n) is 2.74. The topological polar surface area (TPSA) is 82.7 Å². The lowest BCUT2D eigenvalue weighted by Gasteiger charge is -2.18. The Bertz CT molecular complexity index is 549. The van der Waals surface area contributed by atoms with Gasteiger partial charge in [-0.3, -0.25) is 4.79 Å². The number of benzene rings is 1. The predicted octanol–water partition coefficient (Wildman–Crippen LogP) is 0.963. The third-order valence-corrected chi connectivity index (χ3v) is 2.74. The first kappa shape index (κ1) is 12.6. The highest BCUT2D eigenvalue weighted by Gasteiger charge is 2.19. The number of carbonyl (C=O) groups is 1. The molecule has 1 amide bonds. The maximum Gasteiger partial charge on any atom is 0.216 e. The number of aliphatic hydroxyl groups excluding tert-OH is 2. The number of amides is 1. The molecule has 2 unspecified atom stereocenters. The molecule has 1 aromatic heterocycles. The summed E-state index contributed by atoms with van der Waals surface area (Å²) in [5.41, 5.74) is 1.31. The summed E-state index contributed by atoms with van der Waals surface area (Å²) in [6.45, 7) is 1.37. The van der Waals surface area contributed by atoms with Crippen molar-refractivity contribution in [2.24, 2.45) is 0 Å². The Balaban J connectivity index is 2.11. The summed E-state index contributed by atoms with van der Waals surface area (Å²) in [6.07, 6.45) is -0.524. The maximum absolute atomic E-state index is 10.7. The smallest absolute Gasteiger partial charge is 0.216 e. The highest BCUT2D eigenvalue weighted by molar-refractivity contribution is 5.77. The Kier molecular flexibility index (Phi) is 3.64. The van der Waals surface area contributed by atoms with Crippen molar-refractivity contribution in [2.45, 2.75) is 19.1 Å². The molecule has 2 aromatic rings. The molecular weight excluding hydrogens is 234 g/mol. The van der Waals surface area contributed by atoms with Crippen LogP contribution in [-0.2, 0) is 4.79 Å². The first-order valence-corrected chi connectivity index (χ1v) is 5.65. The van der Waals surface area contributed by atoms with E-state index in [1.165, 1.54) is 6.92 Å². The zero-order valence-corrected chi connectivity index (χ0v) is 9.96. The average Bonchev–Trinajstić information content (AvgIpc) is 2.81. The van der Waals surface area contributed by atoms with E-state index in [0.29, 0.717) is 5.56 Å². The summed E-state index contributed by atoms with van der Waals surface area (Å²) >= 11 is 0. The third kappa shape index (κ3) is 2.69. The van der Waals surface area contributed by atoms with Crippen LogP contribution in [0.25, 0.3) is 11.0 Å². The number of carbonyl (C=O) groups excluding carboxylic acids is 1. The van der Waals surface area contributed by atoms with E-state index in [1.54, 1.807) is 30.5 Å². The van der Waals surface area contributed by atoms with Crippen molar-refractivity contribution in [3.8, 4) is 0 Å². The van der Waals surface area contributed by atoms with Gasteiger partial charge in [-0.05, 0) is 23.8 Å². The van der Waals surface area contributed by atoms with Gasteiger partial charge in [0.1, 0.15) is 17.8 Å². The van der Waals surface area contributed by atoms with Crippen LogP contribution in [0.4, 0.5) is 0 Å². The van der Waals surface area contributed by atoms with E-state index < -0.39 is 12.2 Å². The second-order valence-electron chi connectivity index (χ2n) is 4.17. The van der Waals surface area contributed by atoms with Gasteiger partial charge in [0, 0.05) is 18.9 Å². The number of fused-ring (bicyclic) bond motifs is 1. The van der Waals surface area contributed by atoms with Crippen LogP contribution in [0.1, 0.15) is 18.6 Å². The quantitative estimate of drug-likeness (QED) is 0.753. The van der Waals surface area contributed by atoms with Gasteiger partial charge in [0.05, 0.1) is 6.26 Å². The van der Waals surface area contributed by atoms with Crippen LogP contribution < -0.4 is 5.32 Å². The molecule has 0 bridgehead atoms. The summed E-state index contributed by atoms with van der Waals surface area (Å²) < 4.78 is 5.19. The number of furan rings is 1. The molecule has 0 saturated carbocycles. The van der Waals surface area contributed by atoms with Crippen molar-refractivity contribution in [3.63, 3.8) is 0 Å². The molecule has 18 heavy (non-hydrogen) atoms. The number of nitrogens with one attached hydrogen (secondary N) is 1. The molecule has 0 spiro atoms. The normalized spacial score (nSPS) is 14.4. The highest BCUT2D eigenvalue weighted by atomic mass is 16.3. The Hall–Kier alpha value is -1.85. The number of hydrogen-bond donors (Lipinski definition) is 3. The van der Waals surface area contributed by atoms with Crippen molar-refractivity contribution >= 4 is 16.9 Å². The molecule has 2 rings (SSSR count). The molecule has 0 radical (unpaired) electrons. The fourth-order valence-corrected chi connectivity index (χ4v) is 1.75. The molecule has 1 aromatic carbocycles. The second kappa shape index (κ2) is 5.20. The van der Waals surface area contributed by atoms with Crippen molar-refractivity contribution in [3.05, 3.63) is 36.1 Å². The molecule has 1 heterocycles. The standard InChI is InChI=1S/C13H15NO4/c1-8(15)14-7-11(16)13(17)10-2-3-12-9(6-10)4-5-18-12/h2-6,11,13,16-17H,7H2,1H3,(H,14,15). The van der Waals surface area contributed by atoms with E-state index in [4.69, 9.17) is 4.42 Å². The summed E-state index contributed by atoms with van der Waals surface area (Å²) in [5, 5.41) is 23.0. The van der Waals surface area contributed by atoms with Crippen molar-refractivity contribution in [1.82, 2.24) is 5.32 Å². The molecule has 0 fully saturated rings. The number of hydrogen-bond acceptors (Lipinski definition) is 4. The van der Waals surface area contributed by atoms with Crippen LogP contribution in [0.5, 0.6) is 0 Å². The molecule has 2 atom stereocenters. The van der Waals surface area contributed by atoms with Gasteiger partial charge in [-0.15, -0.1) is 0 Å². The Labute approximate surface area is 104 Å². The fourth-order valence-electron chi connectivity index (χ4n) is 1.75. The van der Waals surface area contributed by atoms with E-state index in [0.717, 1.165) is 11.0 Å². The van der Waals surface area contributed by atoms with Crippen molar-refractivity contribution in [2.75, 3.05) is 6.54 Å². The van der Waals surface area contributed by atoms with Crippen LogP contribution in [0, 0.1) is 0 Å². The Morgan fingerprint density at radius 2 is 2.17 bits per heavy atom. The van der Waals surface area contributed by atoms with Gasteiger partial charge in [-0.2, -0.15) is 0 Å². The van der Waals surface area contributed by atoms with Gasteiger partial charge in [-0.1, -0.05) is 6.07 Å². The van der Waals surface area contributed by atoms with Gasteiger partial charge < -0.3 is 19.9 Å². The maximum atomic E-state index is 10.7. The molecule has 5 nitrogen and oxygen atoms in total. The van der Waals surface area contributed by atoms with Gasteiger partial charge in [-0.25, -0.2) is 0 Å². The summed E-state index contributed by atoms with van der Waals surface area (Å²) in [5.74, 6) is -0.244. The minimum absolute atomic E-state index is 0.0138. The van der Waals surface area contributed by atoms with Gasteiger partial charge in [0.25, 0.3) is 0 Å². The minimum atomic E-state index is -1.05. The average molecular weight is 249 g/mol. The molecule has 3 N–H and O–H groups in total. The monoisotopic (exact) mass is 249 g/mol. The van der Waals surface area contributed by atoms with Gasteiger partial charge in [0.15, 0.2) is 0 Å². The van der Waals surface area contributed by atoms with Crippen LogP contribution in [0.3, 0.4) is 0 Å². The van der Waals surface area contributed by atoms with Crippen LogP contribution >= 0.6 is 0 Å². The lowest BCUT2D eigenvalue weighted by atomic mass is 10.0. The van der Waals surface area contributed by atoms with E-state index >= 15 is 0 Å². The predicted molar refractivity (Wildman–Crippen MR) is 65.9 cm³/mol. The van der Waals surface area contributed by atoms with Crippen molar-refractivity contribution < 1.29 is 19.4 Å². The lowest BCUT2D eigenvalue weighted by molar-refractivity contribution is -0.119. The summed E-state index contributed by atoms with van der Waals surface area (Å²) in [4.78, 5) is 10.7. The zero-order chi connectivity index (χ0) is 13.1. The molecule has 0 aliphatic heterocycles. The second-order valence-corrected chi connectivity index (χ2v) is 4.17. The first-order valence-electron chi connectivity index (χ1n) is 5.65. The van der Waals surface area contributed by atoms with E-state index in [1.807, 2.05) is 0 Å². The lowest BCUT2D eigenvalue weighted by Crippen LogP contribution is -2.34. The van der Waals surface area contributed by atoms with Gasteiger partial charge in [0.2, 0.25) is 5.91 Å². The molecule has 0 aliphatic carbocycles. The Morgan fingerprint density at radius 3 is 2.89 bits per heavy atom. The zero-order valence-electron chi connectivity index (χ0n) is 9.96. The molecule has 5 heteroatoms. The van der Waals surface area contributed by atoms with E-state index in [2.05, 4.69) is 5.32 Å². The number of rotatable bonds is 4. The molecule has 0 saturated heterocycles. The number of aliphatic hydroxyl groups is 2. The molecule has 96 valence electrons. The Morgan fingerprint density at radius 1 is 1.39 bits per heavy atom. The first-order chi connectivity index (χ1) is 8.58. The highest BCUT2D eigenvalue weighted by Crippen LogP contribution is 2.23. The SMILES string of the molecule is CC(=O)NCC(O)C(O)c1ccc2occc2c1. The minimum Gasteiger partial charge on any atom is -0.464 e. The van der Waals surface area contributed by atoms with Crippen LogP contribution in [0.15, 0.2) is 34.9 Å².